The Morgan fingerprint density at radius 3 is 2.12 bits per heavy atom. The number of rotatable bonds is 2. The minimum absolute atomic E-state index is 0.0851. The molecule has 4 bridgehead atoms. The molecule has 0 heterocycles. The van der Waals surface area contributed by atoms with Gasteiger partial charge in [-0.05, 0) is 67.1 Å². The molecule has 4 saturated carbocycles. The maximum absolute atomic E-state index is 11.0. The number of hydrogen-bond acceptors (Lipinski definition) is 2. The zero-order valence-corrected chi connectivity index (χ0v) is 10.3. The molecule has 4 aliphatic rings. The van der Waals surface area contributed by atoms with E-state index in [9.17, 15) is 9.90 Å². The summed E-state index contributed by atoms with van der Waals surface area (Å²) in [5.41, 5.74) is 0.926. The van der Waals surface area contributed by atoms with Gasteiger partial charge in [-0.3, -0.25) is 0 Å². The molecule has 0 N–H and O–H groups in total. The standard InChI is InChI=1S/C14H22O2/c1-12-3-10-4-13(2,7-12)9-14(5-10,8-12)6-11(15)16/h10H,3-9H2,1-2H3,(H,15,16)/p-1. The number of aliphatic carboxylic acids is 1. The smallest absolute Gasteiger partial charge is 0.0419 e. The fourth-order valence-electron chi connectivity index (χ4n) is 6.19. The van der Waals surface area contributed by atoms with Gasteiger partial charge in [-0.25, -0.2) is 0 Å². The molecule has 2 unspecified atom stereocenters. The van der Waals surface area contributed by atoms with Crippen molar-refractivity contribution in [1.82, 2.24) is 0 Å². The first-order valence-corrected chi connectivity index (χ1v) is 6.52. The normalized spacial score (nSPS) is 54.2. The summed E-state index contributed by atoms with van der Waals surface area (Å²) < 4.78 is 0. The highest BCUT2D eigenvalue weighted by Crippen LogP contribution is 2.70. The molecule has 0 amide bonds. The van der Waals surface area contributed by atoms with E-state index in [0.29, 0.717) is 17.3 Å². The first-order chi connectivity index (χ1) is 7.32. The van der Waals surface area contributed by atoms with E-state index in [2.05, 4.69) is 13.8 Å². The van der Waals surface area contributed by atoms with Gasteiger partial charge in [0.15, 0.2) is 0 Å². The van der Waals surface area contributed by atoms with E-state index >= 15 is 0 Å². The lowest BCUT2D eigenvalue weighted by atomic mass is 9.40. The Balaban J connectivity index is 1.95. The molecule has 0 aromatic carbocycles. The summed E-state index contributed by atoms with van der Waals surface area (Å²) in [5.74, 6) is -0.0558. The second-order valence-electron chi connectivity index (χ2n) is 7.68. The molecule has 2 atom stereocenters. The minimum Gasteiger partial charge on any atom is -0.550 e. The summed E-state index contributed by atoms with van der Waals surface area (Å²) in [5, 5.41) is 11.0. The topological polar surface area (TPSA) is 40.1 Å². The van der Waals surface area contributed by atoms with Crippen molar-refractivity contribution in [3.63, 3.8) is 0 Å². The van der Waals surface area contributed by atoms with Crippen LogP contribution in [0.5, 0.6) is 0 Å². The molecular formula is C14H21O2-. The molecule has 0 spiro atoms. The van der Waals surface area contributed by atoms with E-state index in [0.717, 1.165) is 25.2 Å². The van der Waals surface area contributed by atoms with Gasteiger partial charge in [0.25, 0.3) is 0 Å². The maximum atomic E-state index is 11.0. The second kappa shape index (κ2) is 2.83. The van der Waals surface area contributed by atoms with Crippen LogP contribution in [-0.2, 0) is 4.79 Å². The molecule has 4 fully saturated rings. The van der Waals surface area contributed by atoms with Crippen molar-refractivity contribution in [3.05, 3.63) is 0 Å². The average molecular weight is 221 g/mol. The van der Waals surface area contributed by atoms with Gasteiger partial charge in [-0.2, -0.15) is 0 Å². The Morgan fingerprint density at radius 1 is 1.12 bits per heavy atom. The largest absolute Gasteiger partial charge is 0.550 e. The lowest BCUT2D eigenvalue weighted by Crippen LogP contribution is -2.56. The molecule has 0 aromatic heterocycles. The van der Waals surface area contributed by atoms with Gasteiger partial charge in [0.2, 0.25) is 0 Å². The van der Waals surface area contributed by atoms with Crippen molar-refractivity contribution in [3.8, 4) is 0 Å². The third kappa shape index (κ3) is 1.49. The van der Waals surface area contributed by atoms with Gasteiger partial charge < -0.3 is 9.90 Å². The van der Waals surface area contributed by atoms with Crippen LogP contribution in [0.4, 0.5) is 0 Å². The maximum Gasteiger partial charge on any atom is 0.0419 e. The van der Waals surface area contributed by atoms with E-state index in [1.807, 2.05) is 0 Å². The molecule has 2 nitrogen and oxygen atoms in total. The van der Waals surface area contributed by atoms with Crippen LogP contribution >= 0.6 is 0 Å². The Hall–Kier alpha value is -0.530. The molecule has 4 aliphatic carbocycles. The predicted molar refractivity (Wildman–Crippen MR) is 59.5 cm³/mol. The lowest BCUT2D eigenvalue weighted by Gasteiger charge is -2.65. The van der Waals surface area contributed by atoms with E-state index in [1.54, 1.807) is 0 Å². The van der Waals surface area contributed by atoms with Crippen molar-refractivity contribution in [2.24, 2.45) is 22.2 Å². The summed E-state index contributed by atoms with van der Waals surface area (Å²) in [6.07, 6.45) is 7.67. The van der Waals surface area contributed by atoms with Crippen molar-refractivity contribution < 1.29 is 9.90 Å². The molecule has 0 saturated heterocycles. The fraction of sp³-hybridized carbons (Fsp3) is 0.929. The number of carboxylic acids is 1. The summed E-state index contributed by atoms with van der Waals surface area (Å²) in [6.45, 7) is 4.75. The Morgan fingerprint density at radius 2 is 1.69 bits per heavy atom. The fourth-order valence-corrected chi connectivity index (χ4v) is 6.19. The first kappa shape index (κ1) is 10.6. The lowest BCUT2D eigenvalue weighted by molar-refractivity contribution is -0.311. The summed E-state index contributed by atoms with van der Waals surface area (Å²) in [4.78, 5) is 11.0. The van der Waals surface area contributed by atoms with Crippen molar-refractivity contribution in [1.29, 1.82) is 0 Å². The van der Waals surface area contributed by atoms with Crippen LogP contribution in [0.15, 0.2) is 0 Å². The van der Waals surface area contributed by atoms with Crippen LogP contribution in [0.1, 0.15) is 58.8 Å². The highest BCUT2D eigenvalue weighted by molar-refractivity contribution is 5.65. The summed E-state index contributed by atoms with van der Waals surface area (Å²) in [7, 11) is 0. The van der Waals surface area contributed by atoms with E-state index in [1.165, 1.54) is 19.3 Å². The Labute approximate surface area is 97.4 Å². The quantitative estimate of drug-likeness (QED) is 0.716. The van der Waals surface area contributed by atoms with Crippen LogP contribution in [0, 0.1) is 22.2 Å². The molecule has 4 rings (SSSR count). The van der Waals surface area contributed by atoms with E-state index in [-0.39, 0.29) is 5.41 Å². The minimum atomic E-state index is -0.839. The third-order valence-electron chi connectivity index (χ3n) is 5.26. The van der Waals surface area contributed by atoms with E-state index < -0.39 is 5.97 Å². The molecule has 16 heavy (non-hydrogen) atoms. The first-order valence-electron chi connectivity index (χ1n) is 6.52. The number of carbonyl (C=O) groups excluding carboxylic acids is 1. The van der Waals surface area contributed by atoms with Crippen molar-refractivity contribution in [2.75, 3.05) is 0 Å². The monoisotopic (exact) mass is 221 g/mol. The van der Waals surface area contributed by atoms with Crippen LogP contribution < -0.4 is 5.11 Å². The van der Waals surface area contributed by atoms with Gasteiger partial charge in [0, 0.05) is 5.97 Å². The SMILES string of the molecule is CC12CC3CC(C)(C1)CC(CC(=O)[O-])(C3)C2. The number of carbonyl (C=O) groups is 1. The van der Waals surface area contributed by atoms with Crippen LogP contribution in [0.3, 0.4) is 0 Å². The predicted octanol–water partition coefficient (Wildman–Crippen LogP) is 2.12. The van der Waals surface area contributed by atoms with Crippen molar-refractivity contribution in [2.45, 2.75) is 58.8 Å². The Kier molecular flexibility index (Phi) is 1.88. The molecule has 90 valence electrons. The Bertz CT molecular complexity index is 329. The molecule has 0 aromatic rings. The summed E-state index contributed by atoms with van der Waals surface area (Å²) in [6, 6.07) is 0. The summed E-state index contributed by atoms with van der Waals surface area (Å²) >= 11 is 0. The number of hydrogen-bond donors (Lipinski definition) is 0. The molecule has 2 heteroatoms. The van der Waals surface area contributed by atoms with Gasteiger partial charge >= 0.3 is 0 Å². The van der Waals surface area contributed by atoms with Crippen LogP contribution in [0.2, 0.25) is 0 Å². The highest BCUT2D eigenvalue weighted by Gasteiger charge is 2.59. The molecular weight excluding hydrogens is 200 g/mol. The average Bonchev–Trinajstić information content (AvgIpc) is 1.91. The van der Waals surface area contributed by atoms with Crippen molar-refractivity contribution >= 4 is 5.97 Å². The molecule has 0 radical (unpaired) electrons. The highest BCUT2D eigenvalue weighted by atomic mass is 16.4. The van der Waals surface area contributed by atoms with Gasteiger partial charge in [0.05, 0.1) is 0 Å². The van der Waals surface area contributed by atoms with E-state index in [4.69, 9.17) is 0 Å². The van der Waals surface area contributed by atoms with Gasteiger partial charge in [-0.1, -0.05) is 13.8 Å². The second-order valence-corrected chi connectivity index (χ2v) is 7.68. The van der Waals surface area contributed by atoms with Crippen LogP contribution in [0.25, 0.3) is 0 Å². The zero-order chi connectivity index (χ0) is 11.6. The third-order valence-corrected chi connectivity index (χ3v) is 5.26. The number of carboxylic acid groups (broad SMARTS) is 1. The van der Waals surface area contributed by atoms with Gasteiger partial charge in [-0.15, -0.1) is 0 Å². The molecule has 0 aliphatic heterocycles. The van der Waals surface area contributed by atoms with Gasteiger partial charge in [0.1, 0.15) is 0 Å². The zero-order valence-electron chi connectivity index (χ0n) is 10.3. The van der Waals surface area contributed by atoms with Crippen LogP contribution in [-0.4, -0.2) is 5.97 Å².